The molecule has 0 amide bonds. The average Bonchev–Trinajstić information content (AvgIpc) is 2.59. The molecule has 0 fully saturated rings. The van der Waals surface area contributed by atoms with Gasteiger partial charge in [-0.2, -0.15) is 0 Å². The van der Waals surface area contributed by atoms with Crippen LogP contribution in [0, 0.1) is 6.92 Å². The minimum Gasteiger partial charge on any atom is -0.314 e. The van der Waals surface area contributed by atoms with Crippen molar-refractivity contribution in [2.24, 2.45) is 10.8 Å². The summed E-state index contributed by atoms with van der Waals surface area (Å²) in [6.45, 7) is 4.29. The second kappa shape index (κ2) is 9.16. The third-order valence-electron chi connectivity index (χ3n) is 3.85. The van der Waals surface area contributed by atoms with E-state index in [9.17, 15) is 0 Å². The van der Waals surface area contributed by atoms with Gasteiger partial charge in [0.05, 0.1) is 11.4 Å². The zero-order chi connectivity index (χ0) is 17.5. The van der Waals surface area contributed by atoms with Crippen LogP contribution in [0.15, 0.2) is 47.5 Å². The molecule has 0 radical (unpaired) electrons. The fourth-order valence-electron chi connectivity index (χ4n) is 2.39. The van der Waals surface area contributed by atoms with Gasteiger partial charge < -0.3 is 5.01 Å². The lowest BCUT2D eigenvalue weighted by molar-refractivity contribution is 1.00. The summed E-state index contributed by atoms with van der Waals surface area (Å²) in [7, 11) is 1.88. The van der Waals surface area contributed by atoms with Crippen molar-refractivity contribution in [1.29, 1.82) is 0 Å². The van der Waals surface area contributed by atoms with Crippen molar-refractivity contribution >= 4 is 39.3 Å². The predicted octanol–water partition coefficient (Wildman–Crippen LogP) is 5.15. The first-order valence-electron chi connectivity index (χ1n) is 7.96. The summed E-state index contributed by atoms with van der Waals surface area (Å²) in [6.07, 6.45) is 3.12. The molecule has 0 bridgehead atoms. The molecule has 3 nitrogen and oxygen atoms in total. The van der Waals surface area contributed by atoms with Gasteiger partial charge in [-0.3, -0.25) is 0 Å². The highest BCUT2D eigenvalue weighted by Gasteiger charge is 2.10. The second-order valence-electron chi connectivity index (χ2n) is 5.57. The van der Waals surface area contributed by atoms with E-state index in [1.54, 1.807) is 28.5 Å². The van der Waals surface area contributed by atoms with Crippen LogP contribution in [0.25, 0.3) is 0 Å². The van der Waals surface area contributed by atoms with Crippen LogP contribution in [0.3, 0.4) is 0 Å². The number of hydrogen-bond acceptors (Lipinski definition) is 5. The standard InChI is InChI=1S/C19H25N3S2/c1-5-15-9-11-16(12-10-15)21-19(23-4)24-13-17-14(2)7-6-8-18(17)22(3)20/h6-12H,5,13,20H2,1-4H3/b21-19-. The third-order valence-corrected chi connectivity index (χ3v) is 5.91. The Balaban J connectivity index is 2.15. The third kappa shape index (κ3) is 5.03. The molecule has 0 saturated carbocycles. The Labute approximate surface area is 153 Å². The van der Waals surface area contributed by atoms with Crippen molar-refractivity contribution in [3.05, 3.63) is 59.2 Å². The quantitative estimate of drug-likeness (QED) is 0.347. The largest absolute Gasteiger partial charge is 0.314 e. The number of anilines is 1. The van der Waals surface area contributed by atoms with Crippen molar-refractivity contribution in [3.63, 3.8) is 0 Å². The number of hydrogen-bond donors (Lipinski definition) is 1. The molecule has 5 heteroatoms. The number of thioether (sulfide) groups is 2. The summed E-state index contributed by atoms with van der Waals surface area (Å²) in [5.74, 6) is 6.82. The van der Waals surface area contributed by atoms with Crippen LogP contribution in [-0.4, -0.2) is 17.7 Å². The van der Waals surface area contributed by atoms with Crippen LogP contribution in [0.4, 0.5) is 11.4 Å². The average molecular weight is 360 g/mol. The van der Waals surface area contributed by atoms with Gasteiger partial charge in [0, 0.05) is 12.8 Å². The Kier molecular flexibility index (Phi) is 7.21. The normalized spacial score (nSPS) is 11.6. The molecule has 0 saturated heterocycles. The highest BCUT2D eigenvalue weighted by molar-refractivity contribution is 8.38. The highest BCUT2D eigenvalue weighted by atomic mass is 32.2. The van der Waals surface area contributed by atoms with Gasteiger partial charge in [-0.1, -0.05) is 43.0 Å². The molecule has 2 rings (SSSR count). The Bertz CT molecular complexity index is 694. The SMILES string of the molecule is CCc1ccc(/N=C(/SC)SCc2c(C)cccc2N(C)N)cc1. The van der Waals surface area contributed by atoms with Crippen LogP contribution >= 0.6 is 23.5 Å². The molecule has 0 atom stereocenters. The first-order valence-corrected chi connectivity index (χ1v) is 10.2. The number of hydrazine groups is 1. The van der Waals surface area contributed by atoms with Crippen LogP contribution in [-0.2, 0) is 12.2 Å². The molecular formula is C19H25N3S2. The van der Waals surface area contributed by atoms with Gasteiger partial charge in [0.15, 0.2) is 0 Å². The topological polar surface area (TPSA) is 41.6 Å². The molecule has 0 aliphatic heterocycles. The number of nitrogens with zero attached hydrogens (tertiary/aromatic N) is 2. The highest BCUT2D eigenvalue weighted by Crippen LogP contribution is 2.30. The van der Waals surface area contributed by atoms with E-state index >= 15 is 0 Å². The van der Waals surface area contributed by atoms with Crippen molar-refractivity contribution in [2.45, 2.75) is 26.0 Å². The first-order chi connectivity index (χ1) is 11.5. The van der Waals surface area contributed by atoms with E-state index in [1.807, 2.05) is 13.1 Å². The summed E-state index contributed by atoms with van der Waals surface area (Å²) in [6, 6.07) is 14.7. The van der Waals surface area contributed by atoms with Gasteiger partial charge in [-0.15, -0.1) is 11.8 Å². The maximum absolute atomic E-state index is 5.96. The molecule has 128 valence electrons. The Morgan fingerprint density at radius 2 is 1.88 bits per heavy atom. The predicted molar refractivity (Wildman–Crippen MR) is 111 cm³/mol. The summed E-state index contributed by atoms with van der Waals surface area (Å²) < 4.78 is 1.06. The van der Waals surface area contributed by atoms with E-state index < -0.39 is 0 Å². The molecule has 24 heavy (non-hydrogen) atoms. The Hall–Kier alpha value is -1.43. The van der Waals surface area contributed by atoms with E-state index in [-0.39, 0.29) is 0 Å². The lowest BCUT2D eigenvalue weighted by atomic mass is 10.1. The van der Waals surface area contributed by atoms with Gasteiger partial charge in [0.2, 0.25) is 0 Å². The lowest BCUT2D eigenvalue weighted by Crippen LogP contribution is -2.26. The summed E-state index contributed by atoms with van der Waals surface area (Å²) in [5.41, 5.74) is 5.92. The van der Waals surface area contributed by atoms with Crippen LogP contribution in [0.5, 0.6) is 0 Å². The van der Waals surface area contributed by atoms with Gasteiger partial charge in [-0.05, 0) is 54.5 Å². The van der Waals surface area contributed by atoms with Crippen molar-refractivity contribution in [1.82, 2.24) is 0 Å². The Morgan fingerprint density at radius 3 is 2.46 bits per heavy atom. The molecule has 0 unspecified atom stereocenters. The molecule has 0 aliphatic rings. The fraction of sp³-hybridized carbons (Fsp3) is 0.316. The smallest absolute Gasteiger partial charge is 0.130 e. The molecule has 0 aromatic heterocycles. The molecule has 0 aliphatic carbocycles. The monoisotopic (exact) mass is 359 g/mol. The van der Waals surface area contributed by atoms with Crippen LogP contribution in [0.2, 0.25) is 0 Å². The van der Waals surface area contributed by atoms with Gasteiger partial charge in [-0.25, -0.2) is 10.8 Å². The molecule has 2 aromatic carbocycles. The fourth-order valence-corrected chi connectivity index (χ4v) is 4.05. The van der Waals surface area contributed by atoms with Crippen LogP contribution < -0.4 is 10.9 Å². The van der Waals surface area contributed by atoms with E-state index in [2.05, 4.69) is 56.5 Å². The second-order valence-corrected chi connectivity index (χ2v) is 7.59. The summed E-state index contributed by atoms with van der Waals surface area (Å²) in [4.78, 5) is 4.77. The summed E-state index contributed by atoms with van der Waals surface area (Å²) >= 11 is 3.44. The lowest BCUT2D eigenvalue weighted by Gasteiger charge is -2.18. The van der Waals surface area contributed by atoms with Gasteiger partial charge in [0.25, 0.3) is 0 Å². The van der Waals surface area contributed by atoms with Crippen molar-refractivity contribution in [2.75, 3.05) is 18.3 Å². The number of aliphatic imine (C=N–C) groups is 1. The van der Waals surface area contributed by atoms with E-state index in [0.717, 1.165) is 27.9 Å². The maximum atomic E-state index is 5.96. The van der Waals surface area contributed by atoms with Crippen LogP contribution in [0.1, 0.15) is 23.6 Å². The Morgan fingerprint density at radius 1 is 1.17 bits per heavy atom. The van der Waals surface area contributed by atoms with E-state index in [0.29, 0.717) is 0 Å². The van der Waals surface area contributed by atoms with Crippen molar-refractivity contribution in [3.8, 4) is 0 Å². The van der Waals surface area contributed by atoms with Crippen molar-refractivity contribution < 1.29 is 0 Å². The maximum Gasteiger partial charge on any atom is 0.130 e. The zero-order valence-electron chi connectivity index (χ0n) is 14.7. The van der Waals surface area contributed by atoms with Gasteiger partial charge >= 0.3 is 0 Å². The first kappa shape index (κ1) is 18.9. The molecule has 2 N–H and O–H groups in total. The number of rotatable bonds is 5. The molecule has 0 heterocycles. The zero-order valence-corrected chi connectivity index (χ0v) is 16.4. The molecule has 0 spiro atoms. The van der Waals surface area contributed by atoms with Gasteiger partial charge in [0.1, 0.15) is 4.38 Å². The number of aryl methyl sites for hydroxylation is 2. The van der Waals surface area contributed by atoms with E-state index in [1.165, 1.54) is 16.7 Å². The minimum atomic E-state index is 0.857. The minimum absolute atomic E-state index is 0.857. The molecule has 2 aromatic rings. The van der Waals surface area contributed by atoms with E-state index in [4.69, 9.17) is 10.8 Å². The molecular weight excluding hydrogens is 334 g/mol. The number of nitrogens with two attached hydrogens (primary N) is 1. The number of benzene rings is 2. The summed E-state index contributed by atoms with van der Waals surface area (Å²) in [5, 5.41) is 1.68.